The summed E-state index contributed by atoms with van der Waals surface area (Å²) in [6, 6.07) is 4.45. The maximum absolute atomic E-state index is 13.1. The van der Waals surface area contributed by atoms with E-state index in [0.717, 1.165) is 37.3 Å². The average molecular weight is 390 g/mol. The highest BCUT2D eigenvalue weighted by Gasteiger charge is 2.33. The smallest absolute Gasteiger partial charge is 0.416 e. The second kappa shape index (κ2) is 9.73. The molecule has 0 aromatic carbocycles. The third-order valence-electron chi connectivity index (χ3n) is 5.24. The molecule has 0 radical (unpaired) electrons. The van der Waals surface area contributed by atoms with Crippen molar-refractivity contribution < 1.29 is 9.53 Å². The molecular formula is C23H39N3O2. The number of carbonyl (C=O) groups is 1. The molecule has 1 fully saturated rings. The van der Waals surface area contributed by atoms with Gasteiger partial charge < -0.3 is 4.74 Å². The fraction of sp³-hybridized carbons (Fsp3) is 0.739. The van der Waals surface area contributed by atoms with Crippen LogP contribution in [0.2, 0.25) is 0 Å². The maximum Gasteiger partial charge on any atom is 0.416 e. The number of hydrogen-bond donors (Lipinski definition) is 0. The van der Waals surface area contributed by atoms with E-state index in [1.54, 1.807) is 11.1 Å². The molecule has 2 unspecified atom stereocenters. The van der Waals surface area contributed by atoms with Gasteiger partial charge in [0, 0.05) is 30.4 Å². The van der Waals surface area contributed by atoms with E-state index in [4.69, 9.17) is 4.74 Å². The van der Waals surface area contributed by atoms with Gasteiger partial charge in [0.2, 0.25) is 0 Å². The molecule has 1 aromatic rings. The fourth-order valence-corrected chi connectivity index (χ4v) is 3.87. The van der Waals surface area contributed by atoms with Gasteiger partial charge in [0.15, 0.2) is 0 Å². The lowest BCUT2D eigenvalue weighted by Crippen LogP contribution is -2.44. The first-order valence-corrected chi connectivity index (χ1v) is 10.8. The second-order valence-electron chi connectivity index (χ2n) is 9.42. The van der Waals surface area contributed by atoms with Crippen LogP contribution in [0.4, 0.5) is 10.6 Å². The maximum atomic E-state index is 13.1. The summed E-state index contributed by atoms with van der Waals surface area (Å²) in [4.78, 5) is 22.1. The fourth-order valence-electron chi connectivity index (χ4n) is 3.87. The van der Waals surface area contributed by atoms with Crippen molar-refractivity contribution in [2.24, 2.45) is 5.92 Å². The number of amides is 1. The number of piperidine rings is 1. The Balaban J connectivity index is 2.44. The molecule has 0 saturated carbocycles. The van der Waals surface area contributed by atoms with Gasteiger partial charge in [-0.3, -0.25) is 9.80 Å². The number of anilines is 1. The molecule has 1 aromatic heterocycles. The van der Waals surface area contributed by atoms with E-state index >= 15 is 0 Å². The lowest BCUT2D eigenvalue weighted by molar-refractivity contribution is 0.0564. The largest absolute Gasteiger partial charge is 0.443 e. The highest BCUT2D eigenvalue weighted by atomic mass is 16.6. The minimum Gasteiger partial charge on any atom is -0.443 e. The predicted molar refractivity (Wildman–Crippen MR) is 116 cm³/mol. The number of pyridine rings is 1. The monoisotopic (exact) mass is 389 g/mol. The van der Waals surface area contributed by atoms with Crippen LogP contribution in [0.25, 0.3) is 0 Å². The summed E-state index contributed by atoms with van der Waals surface area (Å²) >= 11 is 0. The number of rotatable bonds is 6. The molecule has 5 heteroatoms. The molecule has 1 saturated heterocycles. The quantitative estimate of drug-likeness (QED) is 0.616. The van der Waals surface area contributed by atoms with Gasteiger partial charge in [-0.25, -0.2) is 9.78 Å². The van der Waals surface area contributed by atoms with E-state index in [9.17, 15) is 4.79 Å². The summed E-state index contributed by atoms with van der Waals surface area (Å²) < 4.78 is 5.74. The van der Waals surface area contributed by atoms with Crippen LogP contribution >= 0.6 is 0 Å². The Morgan fingerprint density at radius 2 is 2.04 bits per heavy atom. The van der Waals surface area contributed by atoms with Crippen molar-refractivity contribution in [3.05, 3.63) is 23.9 Å². The van der Waals surface area contributed by atoms with E-state index in [2.05, 4.69) is 43.6 Å². The van der Waals surface area contributed by atoms with Gasteiger partial charge in [-0.2, -0.15) is 0 Å². The molecule has 28 heavy (non-hydrogen) atoms. The first-order valence-electron chi connectivity index (χ1n) is 10.8. The Morgan fingerprint density at radius 3 is 2.64 bits per heavy atom. The minimum absolute atomic E-state index is 0.0191. The van der Waals surface area contributed by atoms with Crippen molar-refractivity contribution in [1.82, 2.24) is 9.88 Å². The molecule has 158 valence electrons. The van der Waals surface area contributed by atoms with E-state index in [0.29, 0.717) is 12.0 Å². The summed E-state index contributed by atoms with van der Waals surface area (Å²) in [6.07, 6.45) is 5.87. The van der Waals surface area contributed by atoms with E-state index in [1.807, 2.05) is 26.8 Å². The van der Waals surface area contributed by atoms with Crippen LogP contribution in [-0.4, -0.2) is 40.7 Å². The number of likely N-dealkylation sites (tertiary alicyclic amines) is 1. The number of ether oxygens (including phenoxy) is 1. The Morgan fingerprint density at radius 1 is 1.32 bits per heavy atom. The van der Waals surface area contributed by atoms with Crippen molar-refractivity contribution in [3.63, 3.8) is 0 Å². The number of nitrogens with zero attached hydrogens (tertiary/aromatic N) is 3. The van der Waals surface area contributed by atoms with Crippen LogP contribution in [-0.2, 0) is 4.74 Å². The molecule has 2 heterocycles. The molecule has 0 spiro atoms. The zero-order valence-electron chi connectivity index (χ0n) is 18.9. The van der Waals surface area contributed by atoms with Gasteiger partial charge in [-0.15, -0.1) is 0 Å². The van der Waals surface area contributed by atoms with Crippen molar-refractivity contribution in [2.75, 3.05) is 18.0 Å². The third-order valence-corrected chi connectivity index (χ3v) is 5.24. The Labute approximate surface area is 171 Å². The van der Waals surface area contributed by atoms with Crippen molar-refractivity contribution >= 4 is 11.9 Å². The zero-order valence-corrected chi connectivity index (χ0v) is 18.9. The topological polar surface area (TPSA) is 45.7 Å². The molecular weight excluding hydrogens is 350 g/mol. The molecule has 2 atom stereocenters. The first kappa shape index (κ1) is 22.7. The van der Waals surface area contributed by atoms with Crippen LogP contribution < -0.4 is 4.90 Å². The minimum atomic E-state index is -0.535. The van der Waals surface area contributed by atoms with Crippen molar-refractivity contribution in [1.29, 1.82) is 0 Å². The van der Waals surface area contributed by atoms with Gasteiger partial charge in [-0.1, -0.05) is 33.3 Å². The molecule has 0 bridgehead atoms. The highest BCUT2D eigenvalue weighted by molar-refractivity contribution is 5.88. The van der Waals surface area contributed by atoms with E-state index in [-0.39, 0.29) is 12.1 Å². The SMILES string of the molecule is CCC(C)N(C(=O)OC(C)(C)C)c1ncccc1C1CCCCN1CC(C)C. The highest BCUT2D eigenvalue weighted by Crippen LogP contribution is 2.37. The molecule has 1 aliphatic heterocycles. The van der Waals surface area contributed by atoms with Crippen molar-refractivity contribution in [2.45, 2.75) is 91.8 Å². The molecule has 2 rings (SSSR count). The zero-order chi connectivity index (χ0) is 20.9. The normalized spacial score (nSPS) is 19.5. The summed E-state index contributed by atoms with van der Waals surface area (Å²) in [5.74, 6) is 1.36. The summed E-state index contributed by atoms with van der Waals surface area (Å²) in [5, 5.41) is 0. The first-order chi connectivity index (χ1) is 13.1. The van der Waals surface area contributed by atoms with Crippen LogP contribution in [0.3, 0.4) is 0 Å². The molecule has 0 N–H and O–H groups in total. The Hall–Kier alpha value is -1.62. The van der Waals surface area contributed by atoms with Gasteiger partial charge in [0.1, 0.15) is 11.4 Å². The van der Waals surface area contributed by atoms with Crippen LogP contribution in [0, 0.1) is 5.92 Å². The van der Waals surface area contributed by atoms with Gasteiger partial charge in [-0.05, 0) is 65.5 Å². The van der Waals surface area contributed by atoms with E-state index < -0.39 is 5.60 Å². The lowest BCUT2D eigenvalue weighted by atomic mass is 9.94. The number of aromatic nitrogens is 1. The van der Waals surface area contributed by atoms with Crippen LogP contribution in [0.1, 0.15) is 85.8 Å². The molecule has 1 aliphatic rings. The summed E-state index contributed by atoms with van der Waals surface area (Å²) in [7, 11) is 0. The molecule has 0 aliphatic carbocycles. The lowest BCUT2D eigenvalue weighted by Gasteiger charge is -2.39. The predicted octanol–water partition coefficient (Wildman–Crippen LogP) is 5.80. The average Bonchev–Trinajstić information content (AvgIpc) is 2.61. The summed E-state index contributed by atoms with van der Waals surface area (Å²) in [6.45, 7) is 16.6. The van der Waals surface area contributed by atoms with E-state index in [1.165, 1.54) is 12.8 Å². The Bertz CT molecular complexity index is 639. The van der Waals surface area contributed by atoms with Gasteiger partial charge in [0.05, 0.1) is 0 Å². The molecule has 5 nitrogen and oxygen atoms in total. The Kier molecular flexibility index (Phi) is 7.87. The van der Waals surface area contributed by atoms with Crippen LogP contribution in [0.15, 0.2) is 18.3 Å². The number of carbonyl (C=O) groups excluding carboxylic acids is 1. The summed E-state index contributed by atoms with van der Waals surface area (Å²) in [5.41, 5.74) is 0.612. The van der Waals surface area contributed by atoms with Gasteiger partial charge in [0.25, 0.3) is 0 Å². The standard InChI is InChI=1S/C23H39N3O2/c1-8-18(4)26(22(27)28-23(5,6)7)21-19(12-11-14-24-21)20-13-9-10-15-25(20)16-17(2)3/h11-12,14,17-18,20H,8-10,13,15-16H2,1-7H3. The number of hydrogen-bond acceptors (Lipinski definition) is 4. The second-order valence-corrected chi connectivity index (χ2v) is 9.42. The van der Waals surface area contributed by atoms with Crippen molar-refractivity contribution in [3.8, 4) is 0 Å². The van der Waals surface area contributed by atoms with Crippen LogP contribution in [0.5, 0.6) is 0 Å². The van der Waals surface area contributed by atoms with Gasteiger partial charge >= 0.3 is 6.09 Å². The molecule has 1 amide bonds. The third kappa shape index (κ3) is 5.94.